The third-order valence-corrected chi connectivity index (χ3v) is 5.60. The zero-order valence-corrected chi connectivity index (χ0v) is 17.8. The number of benzene rings is 4. The van der Waals surface area contributed by atoms with Crippen LogP contribution >= 0.6 is 0 Å². The first-order valence-electron chi connectivity index (χ1n) is 10.6. The molecule has 5 rings (SSSR count). The highest BCUT2D eigenvalue weighted by Crippen LogP contribution is 2.41. The first kappa shape index (κ1) is 19.1. The summed E-state index contributed by atoms with van der Waals surface area (Å²) in [6.07, 6.45) is 0. The maximum absolute atomic E-state index is 5.17. The van der Waals surface area contributed by atoms with E-state index >= 15 is 0 Å². The average molecular weight is 401 g/mol. The van der Waals surface area contributed by atoms with Crippen molar-refractivity contribution in [1.29, 1.82) is 0 Å². The molecule has 0 aliphatic carbocycles. The van der Waals surface area contributed by atoms with Crippen molar-refractivity contribution in [2.75, 3.05) is 0 Å². The SMILES string of the molecule is Cc1ccc(-c2nn(-c3ccccc3)c(-c3ccc(C)cc3)c2-c2ccccc2)cc1. The largest absolute Gasteiger partial charge is 0.232 e. The molecule has 0 amide bonds. The van der Waals surface area contributed by atoms with Crippen molar-refractivity contribution < 1.29 is 0 Å². The standard InChI is InChI=1S/C29H24N2/c1-21-13-17-24(18-14-21)28-27(23-9-5-3-6-10-23)29(25-19-15-22(2)16-20-25)31(30-28)26-11-7-4-8-12-26/h3-20H,1-2H3. The Labute approximate surface area is 183 Å². The highest BCUT2D eigenvalue weighted by Gasteiger charge is 2.22. The van der Waals surface area contributed by atoms with E-state index in [1.165, 1.54) is 11.1 Å². The van der Waals surface area contributed by atoms with E-state index < -0.39 is 0 Å². The Kier molecular flexibility index (Phi) is 4.97. The predicted octanol–water partition coefficient (Wildman–Crippen LogP) is 7.49. The van der Waals surface area contributed by atoms with E-state index in [2.05, 4.69) is 122 Å². The van der Waals surface area contributed by atoms with Gasteiger partial charge in [-0.1, -0.05) is 108 Å². The van der Waals surface area contributed by atoms with Gasteiger partial charge in [0.05, 0.1) is 11.4 Å². The number of hydrogen-bond donors (Lipinski definition) is 0. The molecule has 0 N–H and O–H groups in total. The number of aryl methyl sites for hydroxylation is 2. The van der Waals surface area contributed by atoms with Crippen LogP contribution in [0.25, 0.3) is 39.3 Å². The Morgan fingerprint density at radius 1 is 0.516 bits per heavy atom. The molecule has 0 radical (unpaired) electrons. The highest BCUT2D eigenvalue weighted by molar-refractivity contribution is 5.92. The van der Waals surface area contributed by atoms with E-state index in [1.807, 2.05) is 6.07 Å². The lowest BCUT2D eigenvalue weighted by Crippen LogP contribution is -1.99. The minimum absolute atomic E-state index is 0.991. The lowest BCUT2D eigenvalue weighted by atomic mass is 9.95. The van der Waals surface area contributed by atoms with Gasteiger partial charge in [0.15, 0.2) is 0 Å². The van der Waals surface area contributed by atoms with Crippen LogP contribution in [0.5, 0.6) is 0 Å². The van der Waals surface area contributed by atoms with Crippen molar-refractivity contribution in [2.45, 2.75) is 13.8 Å². The number of nitrogens with zero attached hydrogens (tertiary/aromatic N) is 2. The molecule has 0 unspecified atom stereocenters. The second-order valence-electron chi connectivity index (χ2n) is 7.92. The van der Waals surface area contributed by atoms with Gasteiger partial charge in [0, 0.05) is 16.7 Å². The van der Waals surface area contributed by atoms with Crippen molar-refractivity contribution in [2.24, 2.45) is 0 Å². The molecule has 0 spiro atoms. The maximum atomic E-state index is 5.17. The smallest absolute Gasteiger partial charge is 0.101 e. The third-order valence-electron chi connectivity index (χ3n) is 5.60. The number of aromatic nitrogens is 2. The van der Waals surface area contributed by atoms with Crippen molar-refractivity contribution in [3.05, 3.63) is 120 Å². The van der Waals surface area contributed by atoms with Crippen LogP contribution < -0.4 is 0 Å². The number of rotatable bonds is 4. The Balaban J connectivity index is 1.87. The van der Waals surface area contributed by atoms with Crippen LogP contribution in [0.4, 0.5) is 0 Å². The van der Waals surface area contributed by atoms with Gasteiger partial charge in [-0.3, -0.25) is 0 Å². The van der Waals surface area contributed by atoms with E-state index in [0.717, 1.165) is 39.3 Å². The van der Waals surface area contributed by atoms with Crippen LogP contribution in [-0.4, -0.2) is 9.78 Å². The molecule has 0 aliphatic heterocycles. The molecule has 1 aromatic heterocycles. The fraction of sp³-hybridized carbons (Fsp3) is 0.0690. The molecule has 2 nitrogen and oxygen atoms in total. The molecule has 0 fully saturated rings. The van der Waals surface area contributed by atoms with Crippen LogP contribution in [0, 0.1) is 13.8 Å². The Hall–Kier alpha value is -3.91. The zero-order chi connectivity index (χ0) is 21.2. The molecule has 0 atom stereocenters. The molecule has 5 aromatic rings. The maximum Gasteiger partial charge on any atom is 0.101 e. The van der Waals surface area contributed by atoms with Crippen LogP contribution in [0.3, 0.4) is 0 Å². The summed E-state index contributed by atoms with van der Waals surface area (Å²) < 4.78 is 2.09. The van der Waals surface area contributed by atoms with Crippen molar-refractivity contribution in [3.63, 3.8) is 0 Å². The minimum atomic E-state index is 0.991. The Bertz CT molecular complexity index is 1300. The molecular formula is C29H24N2. The molecule has 0 saturated heterocycles. The molecule has 150 valence electrons. The topological polar surface area (TPSA) is 17.8 Å². The van der Waals surface area contributed by atoms with Gasteiger partial charge in [0.1, 0.15) is 5.69 Å². The quantitative estimate of drug-likeness (QED) is 0.305. The van der Waals surface area contributed by atoms with Gasteiger partial charge in [0.2, 0.25) is 0 Å². The molecule has 0 aliphatic rings. The fourth-order valence-electron chi connectivity index (χ4n) is 3.94. The Morgan fingerprint density at radius 3 is 1.61 bits per heavy atom. The van der Waals surface area contributed by atoms with Gasteiger partial charge in [-0.25, -0.2) is 4.68 Å². The lowest BCUT2D eigenvalue weighted by Gasteiger charge is -2.11. The normalized spacial score (nSPS) is 10.9. The molecule has 0 saturated carbocycles. The Morgan fingerprint density at radius 2 is 1.03 bits per heavy atom. The summed E-state index contributed by atoms with van der Waals surface area (Å²) in [6, 6.07) is 38.3. The zero-order valence-electron chi connectivity index (χ0n) is 17.8. The summed E-state index contributed by atoms with van der Waals surface area (Å²) in [5, 5.41) is 5.17. The first-order valence-corrected chi connectivity index (χ1v) is 10.6. The summed E-state index contributed by atoms with van der Waals surface area (Å²) in [4.78, 5) is 0. The van der Waals surface area contributed by atoms with E-state index in [1.54, 1.807) is 0 Å². The summed E-state index contributed by atoms with van der Waals surface area (Å²) in [5.74, 6) is 0. The van der Waals surface area contributed by atoms with E-state index in [-0.39, 0.29) is 0 Å². The van der Waals surface area contributed by atoms with Gasteiger partial charge >= 0.3 is 0 Å². The summed E-state index contributed by atoms with van der Waals surface area (Å²) in [5.41, 5.74) is 10.2. The first-order chi connectivity index (χ1) is 15.2. The average Bonchev–Trinajstić information content (AvgIpc) is 3.22. The lowest BCUT2D eigenvalue weighted by molar-refractivity contribution is 0.892. The van der Waals surface area contributed by atoms with Gasteiger partial charge in [-0.2, -0.15) is 5.10 Å². The summed E-state index contributed by atoms with van der Waals surface area (Å²) in [6.45, 7) is 4.23. The van der Waals surface area contributed by atoms with Gasteiger partial charge in [-0.15, -0.1) is 0 Å². The fourth-order valence-corrected chi connectivity index (χ4v) is 3.94. The van der Waals surface area contributed by atoms with Crippen LogP contribution in [0.1, 0.15) is 11.1 Å². The third kappa shape index (κ3) is 3.69. The molecule has 0 bridgehead atoms. The van der Waals surface area contributed by atoms with Crippen molar-refractivity contribution in [3.8, 4) is 39.3 Å². The highest BCUT2D eigenvalue weighted by atomic mass is 15.3. The second-order valence-corrected chi connectivity index (χ2v) is 7.92. The van der Waals surface area contributed by atoms with Gasteiger partial charge in [0.25, 0.3) is 0 Å². The van der Waals surface area contributed by atoms with E-state index in [4.69, 9.17) is 5.10 Å². The van der Waals surface area contributed by atoms with E-state index in [9.17, 15) is 0 Å². The van der Waals surface area contributed by atoms with Crippen LogP contribution in [0.15, 0.2) is 109 Å². The van der Waals surface area contributed by atoms with Crippen LogP contribution in [0.2, 0.25) is 0 Å². The second kappa shape index (κ2) is 8.08. The monoisotopic (exact) mass is 400 g/mol. The van der Waals surface area contributed by atoms with Gasteiger partial charge in [-0.05, 0) is 31.5 Å². The molecular weight excluding hydrogens is 376 g/mol. The summed E-state index contributed by atoms with van der Waals surface area (Å²) >= 11 is 0. The van der Waals surface area contributed by atoms with Crippen molar-refractivity contribution >= 4 is 0 Å². The molecule has 4 aromatic carbocycles. The van der Waals surface area contributed by atoms with Gasteiger partial charge < -0.3 is 0 Å². The molecule has 2 heteroatoms. The molecule has 31 heavy (non-hydrogen) atoms. The van der Waals surface area contributed by atoms with E-state index in [0.29, 0.717) is 0 Å². The van der Waals surface area contributed by atoms with Crippen LogP contribution in [-0.2, 0) is 0 Å². The number of para-hydroxylation sites is 1. The molecule has 1 heterocycles. The summed E-state index contributed by atoms with van der Waals surface area (Å²) in [7, 11) is 0. The predicted molar refractivity (Wildman–Crippen MR) is 129 cm³/mol. The minimum Gasteiger partial charge on any atom is -0.232 e. The number of hydrogen-bond acceptors (Lipinski definition) is 1. The van der Waals surface area contributed by atoms with Crippen molar-refractivity contribution in [1.82, 2.24) is 9.78 Å².